The summed E-state index contributed by atoms with van der Waals surface area (Å²) in [6.07, 6.45) is 3.25. The minimum absolute atomic E-state index is 0.287. The van der Waals surface area contributed by atoms with Gasteiger partial charge in [-0.15, -0.1) is 0 Å². The van der Waals surface area contributed by atoms with E-state index in [4.69, 9.17) is 4.74 Å². The van der Waals surface area contributed by atoms with Crippen molar-refractivity contribution in [2.24, 2.45) is 0 Å². The summed E-state index contributed by atoms with van der Waals surface area (Å²) in [5.74, 6) is 0.591. The number of nitrogens with zero attached hydrogens (tertiary/aromatic N) is 3. The van der Waals surface area contributed by atoms with Gasteiger partial charge in [-0.1, -0.05) is 0 Å². The van der Waals surface area contributed by atoms with E-state index in [0.29, 0.717) is 10.4 Å². The number of ether oxygens (including phenoxy) is 1. The van der Waals surface area contributed by atoms with Crippen molar-refractivity contribution in [3.8, 4) is 11.8 Å². The van der Waals surface area contributed by atoms with Gasteiger partial charge in [0.2, 0.25) is 0 Å². The maximum Gasteiger partial charge on any atom is 0.322 e. The van der Waals surface area contributed by atoms with Gasteiger partial charge in [-0.2, -0.15) is 0 Å². The van der Waals surface area contributed by atoms with Crippen molar-refractivity contribution in [2.75, 3.05) is 0 Å². The van der Waals surface area contributed by atoms with Crippen LogP contribution in [0.15, 0.2) is 33.6 Å². The highest BCUT2D eigenvalue weighted by Gasteiger charge is 2.05. The minimum atomic E-state index is 0.287. The highest BCUT2D eigenvalue weighted by atomic mass is 79.9. The third-order valence-corrected chi connectivity index (χ3v) is 2.73. The van der Waals surface area contributed by atoms with Gasteiger partial charge >= 0.3 is 6.01 Å². The van der Waals surface area contributed by atoms with Gasteiger partial charge in [0.15, 0.2) is 5.75 Å². The molecule has 0 saturated carbocycles. The van der Waals surface area contributed by atoms with Gasteiger partial charge in [-0.05, 0) is 50.9 Å². The third-order valence-electron chi connectivity index (χ3n) is 1.75. The van der Waals surface area contributed by atoms with E-state index in [0.717, 1.165) is 10.2 Å². The number of aromatic nitrogens is 3. The zero-order chi connectivity index (χ0) is 11.5. The Morgan fingerprint density at radius 2 is 1.81 bits per heavy atom. The molecule has 82 valence electrons. The summed E-state index contributed by atoms with van der Waals surface area (Å²) >= 11 is 6.57. The summed E-state index contributed by atoms with van der Waals surface area (Å²) in [7, 11) is 0. The number of hydrogen-bond donors (Lipinski definition) is 0. The maximum atomic E-state index is 5.47. The van der Waals surface area contributed by atoms with E-state index in [2.05, 4.69) is 46.8 Å². The Morgan fingerprint density at radius 1 is 1.12 bits per heavy atom. The first-order chi connectivity index (χ1) is 7.65. The monoisotopic (exact) mass is 343 g/mol. The largest absolute Gasteiger partial charge is 0.421 e. The topological polar surface area (TPSA) is 47.9 Å². The molecule has 2 heterocycles. The summed E-state index contributed by atoms with van der Waals surface area (Å²) in [5, 5.41) is 0. The van der Waals surface area contributed by atoms with E-state index >= 15 is 0 Å². The molecular formula is C10H7Br2N3O. The molecule has 2 rings (SSSR count). The van der Waals surface area contributed by atoms with E-state index in [1.54, 1.807) is 12.4 Å². The van der Waals surface area contributed by atoms with Gasteiger partial charge in [-0.25, -0.2) is 15.0 Å². The maximum absolute atomic E-state index is 5.47. The molecule has 0 spiro atoms. The van der Waals surface area contributed by atoms with Gasteiger partial charge in [0.05, 0.1) is 4.47 Å². The van der Waals surface area contributed by atoms with Crippen molar-refractivity contribution in [3.05, 3.63) is 39.3 Å². The first-order valence-electron chi connectivity index (χ1n) is 4.44. The lowest BCUT2D eigenvalue weighted by Crippen LogP contribution is -1.93. The zero-order valence-electron chi connectivity index (χ0n) is 8.32. The van der Waals surface area contributed by atoms with Crippen LogP contribution in [0.2, 0.25) is 0 Å². The third kappa shape index (κ3) is 2.76. The highest BCUT2D eigenvalue weighted by molar-refractivity contribution is 9.10. The Bertz CT molecular complexity index is 502. The molecule has 0 radical (unpaired) electrons. The molecule has 2 aromatic rings. The van der Waals surface area contributed by atoms with E-state index in [1.807, 2.05) is 19.1 Å². The van der Waals surface area contributed by atoms with Crippen LogP contribution in [0.5, 0.6) is 11.8 Å². The van der Waals surface area contributed by atoms with Gasteiger partial charge in [0.25, 0.3) is 0 Å². The predicted molar refractivity (Wildman–Crippen MR) is 66.5 cm³/mol. The fourth-order valence-corrected chi connectivity index (χ4v) is 1.74. The van der Waals surface area contributed by atoms with E-state index < -0.39 is 0 Å². The minimum Gasteiger partial charge on any atom is -0.421 e. The summed E-state index contributed by atoms with van der Waals surface area (Å²) in [6, 6.07) is 3.96. The second kappa shape index (κ2) is 4.88. The predicted octanol–water partition coefficient (Wildman–Crippen LogP) is 3.50. The van der Waals surface area contributed by atoms with Crippen LogP contribution >= 0.6 is 31.9 Å². The van der Waals surface area contributed by atoms with Gasteiger partial charge in [0.1, 0.15) is 4.60 Å². The van der Waals surface area contributed by atoms with Crippen molar-refractivity contribution < 1.29 is 4.74 Å². The standard InChI is InChI=1S/C10H7Br2N3O/c1-6-2-3-8(9(12)15-6)16-10-13-4-7(11)5-14-10/h2-5H,1H3. The van der Waals surface area contributed by atoms with Crippen molar-refractivity contribution in [2.45, 2.75) is 6.92 Å². The lowest BCUT2D eigenvalue weighted by atomic mass is 10.4. The van der Waals surface area contributed by atoms with Crippen LogP contribution < -0.4 is 4.74 Å². The average molecular weight is 345 g/mol. The average Bonchev–Trinajstić information content (AvgIpc) is 2.25. The quantitative estimate of drug-likeness (QED) is 0.782. The van der Waals surface area contributed by atoms with Crippen LogP contribution in [-0.2, 0) is 0 Å². The summed E-state index contributed by atoms with van der Waals surface area (Å²) in [4.78, 5) is 12.2. The normalized spacial score (nSPS) is 10.2. The molecule has 0 atom stereocenters. The van der Waals surface area contributed by atoms with Crippen LogP contribution in [0.3, 0.4) is 0 Å². The number of rotatable bonds is 2. The number of hydrogen-bond acceptors (Lipinski definition) is 4. The van der Waals surface area contributed by atoms with Gasteiger partial charge in [-0.3, -0.25) is 0 Å². The Labute approximate surface area is 109 Å². The first-order valence-corrected chi connectivity index (χ1v) is 6.02. The molecule has 0 aliphatic heterocycles. The Kier molecular flexibility index (Phi) is 3.50. The molecule has 16 heavy (non-hydrogen) atoms. The molecule has 0 fully saturated rings. The lowest BCUT2D eigenvalue weighted by molar-refractivity contribution is 0.436. The van der Waals surface area contributed by atoms with Gasteiger partial charge < -0.3 is 4.74 Å². The zero-order valence-corrected chi connectivity index (χ0v) is 11.5. The second-order valence-corrected chi connectivity index (χ2v) is 4.69. The molecular weight excluding hydrogens is 338 g/mol. The SMILES string of the molecule is Cc1ccc(Oc2ncc(Br)cn2)c(Br)n1. The molecule has 0 unspecified atom stereocenters. The van der Waals surface area contributed by atoms with E-state index in [-0.39, 0.29) is 6.01 Å². The molecule has 0 N–H and O–H groups in total. The molecule has 4 nitrogen and oxygen atoms in total. The lowest BCUT2D eigenvalue weighted by Gasteiger charge is -2.05. The van der Waals surface area contributed by atoms with E-state index in [1.165, 1.54) is 0 Å². The van der Waals surface area contributed by atoms with Crippen molar-refractivity contribution >= 4 is 31.9 Å². The van der Waals surface area contributed by atoms with Crippen molar-refractivity contribution in [3.63, 3.8) is 0 Å². The van der Waals surface area contributed by atoms with Crippen LogP contribution in [0, 0.1) is 6.92 Å². The summed E-state index contributed by atoms with van der Waals surface area (Å²) in [6.45, 7) is 1.91. The van der Waals surface area contributed by atoms with Crippen LogP contribution in [0.1, 0.15) is 5.69 Å². The smallest absolute Gasteiger partial charge is 0.322 e. The van der Waals surface area contributed by atoms with Crippen LogP contribution in [0.4, 0.5) is 0 Å². The molecule has 2 aromatic heterocycles. The Morgan fingerprint density at radius 3 is 2.44 bits per heavy atom. The molecule has 0 bridgehead atoms. The fourth-order valence-electron chi connectivity index (χ4n) is 1.04. The second-order valence-electron chi connectivity index (χ2n) is 3.03. The summed E-state index contributed by atoms with van der Waals surface area (Å²) in [5.41, 5.74) is 0.913. The molecule has 6 heteroatoms. The first kappa shape index (κ1) is 11.5. The molecule has 0 aromatic carbocycles. The fraction of sp³-hybridized carbons (Fsp3) is 0.100. The van der Waals surface area contributed by atoms with E-state index in [9.17, 15) is 0 Å². The molecule has 0 aliphatic rings. The molecule has 0 saturated heterocycles. The Hall–Kier alpha value is -1.01. The van der Waals surface area contributed by atoms with Crippen LogP contribution in [-0.4, -0.2) is 15.0 Å². The van der Waals surface area contributed by atoms with Crippen molar-refractivity contribution in [1.29, 1.82) is 0 Å². The van der Waals surface area contributed by atoms with Crippen LogP contribution in [0.25, 0.3) is 0 Å². The number of aryl methyl sites for hydroxylation is 1. The number of pyridine rings is 1. The van der Waals surface area contributed by atoms with Gasteiger partial charge in [0, 0.05) is 18.1 Å². The van der Waals surface area contributed by atoms with Crippen molar-refractivity contribution in [1.82, 2.24) is 15.0 Å². The number of halogens is 2. The molecule has 0 amide bonds. The Balaban J connectivity index is 2.23. The molecule has 0 aliphatic carbocycles. The summed E-state index contributed by atoms with van der Waals surface area (Å²) < 4.78 is 6.91. The highest BCUT2D eigenvalue weighted by Crippen LogP contribution is 2.26.